The van der Waals surface area contributed by atoms with E-state index in [1.807, 2.05) is 4.90 Å². The molecule has 0 spiro atoms. The maximum absolute atomic E-state index is 11.0. The Hall–Kier alpha value is -1.96. The molecule has 2 rings (SSSR count). The fraction of sp³-hybridized carbons (Fsp3) is 0.667. The van der Waals surface area contributed by atoms with Gasteiger partial charge in [-0.2, -0.15) is 4.98 Å². The Bertz CT molecular complexity index is 485. The Morgan fingerprint density at radius 2 is 2.05 bits per heavy atom. The number of nitrogen functional groups attached to an aromatic ring is 1. The molecule has 20 heavy (non-hydrogen) atoms. The molecule has 1 saturated heterocycles. The van der Waals surface area contributed by atoms with E-state index in [0.29, 0.717) is 24.8 Å². The van der Waals surface area contributed by atoms with Crippen LogP contribution in [0.1, 0.15) is 13.8 Å². The zero-order valence-corrected chi connectivity index (χ0v) is 11.8. The van der Waals surface area contributed by atoms with Crippen molar-refractivity contribution in [2.75, 3.05) is 43.4 Å². The van der Waals surface area contributed by atoms with Crippen molar-refractivity contribution in [1.29, 1.82) is 0 Å². The highest BCUT2D eigenvalue weighted by Crippen LogP contribution is 2.26. The van der Waals surface area contributed by atoms with Gasteiger partial charge in [0.05, 0.1) is 4.92 Å². The number of nitrogens with zero attached hydrogens (tertiary/aromatic N) is 5. The van der Waals surface area contributed by atoms with Gasteiger partial charge in [-0.25, -0.2) is 4.98 Å². The third kappa shape index (κ3) is 3.32. The standard InChI is InChI=1S/C12H20N6O2/c1-9(2)8-16-3-5-17(6-4-16)11-10(18(19)20)7-14-12(13)15-11/h7,9H,3-6,8H2,1-2H3,(H2,13,14,15). The SMILES string of the molecule is CC(C)CN1CCN(c2nc(N)ncc2[N+](=O)[O-])CC1. The molecule has 0 aromatic carbocycles. The minimum atomic E-state index is -0.463. The first-order valence-electron chi connectivity index (χ1n) is 6.71. The van der Waals surface area contributed by atoms with E-state index in [4.69, 9.17) is 5.73 Å². The number of hydrogen-bond acceptors (Lipinski definition) is 7. The Kier molecular flexibility index (Phi) is 4.33. The van der Waals surface area contributed by atoms with Crippen LogP contribution in [0.3, 0.4) is 0 Å². The van der Waals surface area contributed by atoms with E-state index in [9.17, 15) is 10.1 Å². The summed E-state index contributed by atoms with van der Waals surface area (Å²) in [5, 5.41) is 11.0. The summed E-state index contributed by atoms with van der Waals surface area (Å²) in [6.07, 6.45) is 1.18. The van der Waals surface area contributed by atoms with Crippen LogP contribution >= 0.6 is 0 Å². The van der Waals surface area contributed by atoms with Crippen molar-refractivity contribution < 1.29 is 4.92 Å². The predicted octanol–water partition coefficient (Wildman–Crippen LogP) is 0.745. The van der Waals surface area contributed by atoms with Crippen LogP contribution in [0.5, 0.6) is 0 Å². The molecule has 0 aliphatic carbocycles. The lowest BCUT2D eigenvalue weighted by atomic mass is 10.2. The molecule has 0 bridgehead atoms. The van der Waals surface area contributed by atoms with Crippen molar-refractivity contribution in [2.45, 2.75) is 13.8 Å². The largest absolute Gasteiger partial charge is 0.368 e. The quantitative estimate of drug-likeness (QED) is 0.641. The number of nitrogens with two attached hydrogens (primary N) is 1. The average Bonchev–Trinajstić information content (AvgIpc) is 2.38. The lowest BCUT2D eigenvalue weighted by Gasteiger charge is -2.35. The molecule has 110 valence electrons. The number of hydrogen-bond donors (Lipinski definition) is 1. The zero-order chi connectivity index (χ0) is 14.7. The third-order valence-electron chi connectivity index (χ3n) is 3.26. The molecule has 8 heteroatoms. The molecule has 0 unspecified atom stereocenters. The lowest BCUT2D eigenvalue weighted by molar-refractivity contribution is -0.384. The second kappa shape index (κ2) is 6.00. The molecule has 2 heterocycles. The molecule has 0 radical (unpaired) electrons. The zero-order valence-electron chi connectivity index (χ0n) is 11.8. The summed E-state index contributed by atoms with van der Waals surface area (Å²) in [6.45, 7) is 8.58. The first kappa shape index (κ1) is 14.4. The van der Waals surface area contributed by atoms with Gasteiger partial charge >= 0.3 is 5.69 Å². The molecule has 1 aromatic rings. The van der Waals surface area contributed by atoms with Gasteiger partial charge in [-0.1, -0.05) is 13.8 Å². The van der Waals surface area contributed by atoms with Crippen LogP contribution in [0.25, 0.3) is 0 Å². The van der Waals surface area contributed by atoms with E-state index in [2.05, 4.69) is 28.7 Å². The fourth-order valence-corrected chi connectivity index (χ4v) is 2.40. The topological polar surface area (TPSA) is 101 Å². The Labute approximate surface area is 117 Å². The molecule has 1 aromatic heterocycles. The molecule has 2 N–H and O–H groups in total. The van der Waals surface area contributed by atoms with Crippen LogP contribution in [0, 0.1) is 16.0 Å². The minimum absolute atomic E-state index is 0.0650. The van der Waals surface area contributed by atoms with Crippen molar-refractivity contribution in [3.8, 4) is 0 Å². The van der Waals surface area contributed by atoms with Gasteiger partial charge in [0.15, 0.2) is 0 Å². The van der Waals surface area contributed by atoms with E-state index in [1.54, 1.807) is 0 Å². The fourth-order valence-electron chi connectivity index (χ4n) is 2.40. The summed E-state index contributed by atoms with van der Waals surface area (Å²) in [5.41, 5.74) is 5.46. The second-order valence-electron chi connectivity index (χ2n) is 5.38. The monoisotopic (exact) mass is 280 g/mol. The van der Waals surface area contributed by atoms with Crippen LogP contribution in [-0.4, -0.2) is 52.5 Å². The number of anilines is 2. The molecule has 8 nitrogen and oxygen atoms in total. The van der Waals surface area contributed by atoms with Gasteiger partial charge in [-0.15, -0.1) is 0 Å². The highest BCUT2D eigenvalue weighted by molar-refractivity contribution is 5.58. The van der Waals surface area contributed by atoms with Gasteiger partial charge in [-0.05, 0) is 5.92 Å². The van der Waals surface area contributed by atoms with Gasteiger partial charge in [0.1, 0.15) is 6.20 Å². The van der Waals surface area contributed by atoms with Gasteiger partial charge in [0.2, 0.25) is 11.8 Å². The van der Waals surface area contributed by atoms with Crippen LogP contribution in [0.2, 0.25) is 0 Å². The summed E-state index contributed by atoms with van der Waals surface area (Å²) < 4.78 is 0. The van der Waals surface area contributed by atoms with Crippen LogP contribution in [0.4, 0.5) is 17.5 Å². The van der Waals surface area contributed by atoms with Crippen LogP contribution in [0.15, 0.2) is 6.20 Å². The third-order valence-corrected chi connectivity index (χ3v) is 3.26. The molecular weight excluding hydrogens is 260 g/mol. The smallest absolute Gasteiger partial charge is 0.329 e. The van der Waals surface area contributed by atoms with Crippen LogP contribution < -0.4 is 10.6 Å². The van der Waals surface area contributed by atoms with E-state index >= 15 is 0 Å². The highest BCUT2D eigenvalue weighted by atomic mass is 16.6. The van der Waals surface area contributed by atoms with Crippen molar-refractivity contribution in [3.63, 3.8) is 0 Å². The molecular formula is C12H20N6O2. The van der Waals surface area contributed by atoms with E-state index < -0.39 is 4.92 Å². The first-order valence-corrected chi connectivity index (χ1v) is 6.71. The van der Waals surface area contributed by atoms with E-state index in [-0.39, 0.29) is 11.6 Å². The van der Waals surface area contributed by atoms with Gasteiger partial charge in [0.25, 0.3) is 0 Å². The first-order chi connectivity index (χ1) is 9.47. The normalized spacial score (nSPS) is 16.6. The Morgan fingerprint density at radius 3 is 2.60 bits per heavy atom. The van der Waals surface area contributed by atoms with E-state index in [1.165, 1.54) is 6.20 Å². The summed E-state index contributed by atoms with van der Waals surface area (Å²) in [5.74, 6) is 1.01. The molecule has 0 amide bonds. The minimum Gasteiger partial charge on any atom is -0.368 e. The summed E-state index contributed by atoms with van der Waals surface area (Å²) in [7, 11) is 0. The molecule has 0 atom stereocenters. The number of aromatic nitrogens is 2. The summed E-state index contributed by atoms with van der Waals surface area (Å²) in [6, 6.07) is 0. The molecule has 1 aliphatic rings. The Balaban J connectivity index is 2.10. The maximum atomic E-state index is 11.0. The molecule has 1 aliphatic heterocycles. The highest BCUT2D eigenvalue weighted by Gasteiger charge is 2.26. The summed E-state index contributed by atoms with van der Waals surface area (Å²) in [4.78, 5) is 22.6. The Morgan fingerprint density at radius 1 is 1.40 bits per heavy atom. The number of nitro groups is 1. The van der Waals surface area contributed by atoms with Gasteiger partial charge < -0.3 is 10.6 Å². The predicted molar refractivity (Wildman–Crippen MR) is 76.6 cm³/mol. The van der Waals surface area contributed by atoms with Crippen molar-refractivity contribution in [2.24, 2.45) is 5.92 Å². The maximum Gasteiger partial charge on any atom is 0.329 e. The number of piperazine rings is 1. The van der Waals surface area contributed by atoms with Crippen LogP contribution in [-0.2, 0) is 0 Å². The van der Waals surface area contributed by atoms with Crippen molar-refractivity contribution in [3.05, 3.63) is 16.3 Å². The molecule has 0 saturated carbocycles. The van der Waals surface area contributed by atoms with Gasteiger partial charge in [-0.3, -0.25) is 15.0 Å². The van der Waals surface area contributed by atoms with Crippen molar-refractivity contribution >= 4 is 17.5 Å². The average molecular weight is 280 g/mol. The second-order valence-corrected chi connectivity index (χ2v) is 5.38. The number of rotatable bonds is 4. The van der Waals surface area contributed by atoms with E-state index in [0.717, 1.165) is 19.6 Å². The van der Waals surface area contributed by atoms with Crippen molar-refractivity contribution in [1.82, 2.24) is 14.9 Å². The lowest BCUT2D eigenvalue weighted by Crippen LogP contribution is -2.47. The summed E-state index contributed by atoms with van der Waals surface area (Å²) >= 11 is 0. The van der Waals surface area contributed by atoms with Gasteiger partial charge in [0, 0.05) is 32.7 Å². The molecule has 1 fully saturated rings.